The number of nitrogens with one attached hydrogen (secondary N) is 1. The van der Waals surface area contributed by atoms with E-state index in [2.05, 4.69) is 31.2 Å². The van der Waals surface area contributed by atoms with Crippen LogP contribution in [0.25, 0.3) is 0 Å². The Labute approximate surface area is 104 Å². The molecule has 4 heteroatoms. The standard InChI is InChI=1S/C13H25N3O/c1-6-7-14-11(8-10(2)3)12-9-13(17-5)16(4)15-12/h9-11,14H,6-8H2,1-5H3. The molecule has 1 aromatic rings. The minimum absolute atomic E-state index is 0.324. The van der Waals surface area contributed by atoms with Crippen LogP contribution in [0.1, 0.15) is 45.3 Å². The van der Waals surface area contributed by atoms with Gasteiger partial charge in [-0.25, -0.2) is 4.68 Å². The summed E-state index contributed by atoms with van der Waals surface area (Å²) in [4.78, 5) is 0. The van der Waals surface area contributed by atoms with Crippen LogP contribution in [0.3, 0.4) is 0 Å². The lowest BCUT2D eigenvalue weighted by Gasteiger charge is -2.18. The van der Waals surface area contributed by atoms with Crippen LogP contribution in [0.2, 0.25) is 0 Å². The lowest BCUT2D eigenvalue weighted by molar-refractivity contribution is 0.373. The van der Waals surface area contributed by atoms with E-state index in [9.17, 15) is 0 Å². The normalized spacial score (nSPS) is 13.1. The van der Waals surface area contributed by atoms with Crippen molar-refractivity contribution < 1.29 is 4.74 Å². The first kappa shape index (κ1) is 14.0. The van der Waals surface area contributed by atoms with Gasteiger partial charge in [0.05, 0.1) is 18.8 Å². The molecule has 4 nitrogen and oxygen atoms in total. The van der Waals surface area contributed by atoms with E-state index in [1.165, 1.54) is 0 Å². The molecule has 0 radical (unpaired) electrons. The molecule has 1 unspecified atom stereocenters. The van der Waals surface area contributed by atoms with Crippen LogP contribution in [0, 0.1) is 5.92 Å². The highest BCUT2D eigenvalue weighted by Crippen LogP contribution is 2.23. The first-order valence-corrected chi connectivity index (χ1v) is 6.39. The van der Waals surface area contributed by atoms with Gasteiger partial charge in [-0.2, -0.15) is 5.10 Å². The van der Waals surface area contributed by atoms with Gasteiger partial charge in [0.25, 0.3) is 0 Å². The number of nitrogens with zero attached hydrogens (tertiary/aromatic N) is 2. The number of hydrogen-bond acceptors (Lipinski definition) is 3. The monoisotopic (exact) mass is 239 g/mol. The van der Waals surface area contributed by atoms with Crippen molar-refractivity contribution in [1.29, 1.82) is 0 Å². The summed E-state index contributed by atoms with van der Waals surface area (Å²) < 4.78 is 7.05. The molecule has 0 fully saturated rings. The van der Waals surface area contributed by atoms with Crippen molar-refractivity contribution in [2.24, 2.45) is 13.0 Å². The highest BCUT2D eigenvalue weighted by Gasteiger charge is 2.17. The minimum Gasteiger partial charge on any atom is -0.481 e. The number of rotatable bonds is 7. The molecular formula is C13H25N3O. The average Bonchev–Trinajstić information content (AvgIpc) is 2.65. The topological polar surface area (TPSA) is 39.1 Å². The predicted octanol–water partition coefficient (Wildman–Crippen LogP) is 2.52. The Balaban J connectivity index is 2.79. The first-order chi connectivity index (χ1) is 8.08. The van der Waals surface area contributed by atoms with E-state index in [1.807, 2.05) is 13.1 Å². The van der Waals surface area contributed by atoms with Crippen LogP contribution in [-0.2, 0) is 7.05 Å². The van der Waals surface area contributed by atoms with Crippen LogP contribution >= 0.6 is 0 Å². The van der Waals surface area contributed by atoms with Crippen molar-refractivity contribution in [1.82, 2.24) is 15.1 Å². The van der Waals surface area contributed by atoms with Crippen molar-refractivity contribution in [2.75, 3.05) is 13.7 Å². The zero-order valence-electron chi connectivity index (χ0n) is 11.7. The van der Waals surface area contributed by atoms with E-state index >= 15 is 0 Å². The fourth-order valence-electron chi connectivity index (χ4n) is 1.93. The van der Waals surface area contributed by atoms with Gasteiger partial charge in [0, 0.05) is 13.1 Å². The quantitative estimate of drug-likeness (QED) is 0.794. The Hall–Kier alpha value is -1.03. The van der Waals surface area contributed by atoms with Crippen LogP contribution < -0.4 is 10.1 Å². The molecule has 1 aromatic heterocycles. The van der Waals surface area contributed by atoms with E-state index in [-0.39, 0.29) is 0 Å². The number of hydrogen-bond donors (Lipinski definition) is 1. The molecule has 0 aliphatic rings. The largest absolute Gasteiger partial charge is 0.481 e. The van der Waals surface area contributed by atoms with E-state index in [1.54, 1.807) is 11.8 Å². The Morgan fingerprint density at radius 2 is 2.18 bits per heavy atom. The minimum atomic E-state index is 0.324. The summed E-state index contributed by atoms with van der Waals surface area (Å²) in [5, 5.41) is 8.07. The predicted molar refractivity (Wildman–Crippen MR) is 70.2 cm³/mol. The smallest absolute Gasteiger partial charge is 0.211 e. The van der Waals surface area contributed by atoms with E-state index in [4.69, 9.17) is 4.74 Å². The molecule has 1 heterocycles. The molecular weight excluding hydrogens is 214 g/mol. The fourth-order valence-corrected chi connectivity index (χ4v) is 1.93. The summed E-state index contributed by atoms with van der Waals surface area (Å²) in [6, 6.07) is 2.35. The lowest BCUT2D eigenvalue weighted by atomic mass is 10.0. The Morgan fingerprint density at radius 1 is 1.47 bits per heavy atom. The maximum absolute atomic E-state index is 5.26. The van der Waals surface area contributed by atoms with Crippen molar-refractivity contribution in [3.05, 3.63) is 11.8 Å². The zero-order chi connectivity index (χ0) is 12.8. The van der Waals surface area contributed by atoms with Crippen molar-refractivity contribution in [3.63, 3.8) is 0 Å². The summed E-state index contributed by atoms with van der Waals surface area (Å²) in [6.07, 6.45) is 2.23. The van der Waals surface area contributed by atoms with Crippen LogP contribution in [-0.4, -0.2) is 23.4 Å². The van der Waals surface area contributed by atoms with Gasteiger partial charge in [-0.1, -0.05) is 20.8 Å². The number of ether oxygens (including phenoxy) is 1. The molecule has 0 amide bonds. The van der Waals surface area contributed by atoms with Gasteiger partial charge in [0.15, 0.2) is 0 Å². The lowest BCUT2D eigenvalue weighted by Crippen LogP contribution is -2.24. The molecule has 0 saturated carbocycles. The molecule has 1 atom stereocenters. The van der Waals surface area contributed by atoms with E-state index < -0.39 is 0 Å². The van der Waals surface area contributed by atoms with Gasteiger partial charge >= 0.3 is 0 Å². The second-order valence-electron chi connectivity index (χ2n) is 4.87. The highest BCUT2D eigenvalue weighted by atomic mass is 16.5. The maximum atomic E-state index is 5.26. The third kappa shape index (κ3) is 4.04. The summed E-state index contributed by atoms with van der Waals surface area (Å²) in [5.74, 6) is 1.46. The van der Waals surface area contributed by atoms with Gasteiger partial charge in [-0.05, 0) is 25.3 Å². The van der Waals surface area contributed by atoms with Crippen LogP contribution in [0.4, 0.5) is 0 Å². The molecule has 0 aromatic carbocycles. The number of methoxy groups -OCH3 is 1. The highest BCUT2D eigenvalue weighted by molar-refractivity contribution is 5.18. The summed E-state index contributed by atoms with van der Waals surface area (Å²) in [5.41, 5.74) is 1.08. The number of aromatic nitrogens is 2. The van der Waals surface area contributed by atoms with Crippen LogP contribution in [0.5, 0.6) is 5.88 Å². The molecule has 0 aliphatic heterocycles. The van der Waals surface area contributed by atoms with Gasteiger partial charge < -0.3 is 10.1 Å². The molecule has 0 saturated heterocycles. The molecule has 1 N–H and O–H groups in total. The van der Waals surface area contributed by atoms with Crippen LogP contribution in [0.15, 0.2) is 6.07 Å². The summed E-state index contributed by atoms with van der Waals surface area (Å²) >= 11 is 0. The zero-order valence-corrected chi connectivity index (χ0v) is 11.7. The Morgan fingerprint density at radius 3 is 2.65 bits per heavy atom. The molecule has 17 heavy (non-hydrogen) atoms. The van der Waals surface area contributed by atoms with Crippen molar-refractivity contribution >= 4 is 0 Å². The first-order valence-electron chi connectivity index (χ1n) is 6.39. The van der Waals surface area contributed by atoms with Gasteiger partial charge in [-0.3, -0.25) is 0 Å². The van der Waals surface area contributed by atoms with Gasteiger partial charge in [-0.15, -0.1) is 0 Å². The van der Waals surface area contributed by atoms with Crippen molar-refractivity contribution in [3.8, 4) is 5.88 Å². The molecule has 0 aliphatic carbocycles. The van der Waals surface area contributed by atoms with Crippen molar-refractivity contribution in [2.45, 2.75) is 39.7 Å². The van der Waals surface area contributed by atoms with Gasteiger partial charge in [0.2, 0.25) is 5.88 Å². The third-order valence-corrected chi connectivity index (χ3v) is 2.77. The third-order valence-electron chi connectivity index (χ3n) is 2.77. The molecule has 98 valence electrons. The number of aryl methyl sites for hydroxylation is 1. The molecule has 0 spiro atoms. The van der Waals surface area contributed by atoms with E-state index in [0.29, 0.717) is 12.0 Å². The van der Waals surface area contributed by atoms with Gasteiger partial charge in [0.1, 0.15) is 0 Å². The maximum Gasteiger partial charge on any atom is 0.211 e. The average molecular weight is 239 g/mol. The molecule has 0 bridgehead atoms. The summed E-state index contributed by atoms with van der Waals surface area (Å²) in [7, 11) is 3.59. The summed E-state index contributed by atoms with van der Waals surface area (Å²) in [6.45, 7) is 7.68. The fraction of sp³-hybridized carbons (Fsp3) is 0.769. The second-order valence-corrected chi connectivity index (χ2v) is 4.87. The van der Waals surface area contributed by atoms with E-state index in [0.717, 1.165) is 31.0 Å². The second kappa shape index (κ2) is 6.64. The SMILES string of the molecule is CCCNC(CC(C)C)c1cc(OC)n(C)n1. The Kier molecular flexibility index (Phi) is 5.48. The molecule has 1 rings (SSSR count). The Bertz CT molecular complexity index is 333.